The molecular weight excluding hydrogens is 248 g/mol. The van der Waals surface area contributed by atoms with Crippen LogP contribution in [0, 0.1) is 5.92 Å². The number of hydrogen-bond acceptors (Lipinski definition) is 4. The van der Waals surface area contributed by atoms with Gasteiger partial charge in [0.05, 0.1) is 11.5 Å². The fourth-order valence-electron chi connectivity index (χ4n) is 2.99. The normalized spacial score (nSPS) is 30.1. The molecule has 0 aromatic carbocycles. The number of hydrogen-bond donors (Lipinski definition) is 1. The van der Waals surface area contributed by atoms with Gasteiger partial charge in [0.2, 0.25) is 0 Å². The Balaban J connectivity index is 1.74. The molecule has 0 radical (unpaired) electrons. The summed E-state index contributed by atoms with van der Waals surface area (Å²) in [6.07, 6.45) is 3.25. The van der Waals surface area contributed by atoms with Gasteiger partial charge in [-0.2, -0.15) is 0 Å². The van der Waals surface area contributed by atoms with E-state index in [1.54, 1.807) is 0 Å². The third kappa shape index (κ3) is 3.93. The minimum absolute atomic E-state index is 0.300. The van der Waals surface area contributed by atoms with E-state index >= 15 is 0 Å². The van der Waals surface area contributed by atoms with Gasteiger partial charge in [0.15, 0.2) is 9.84 Å². The Morgan fingerprint density at radius 1 is 1.22 bits per heavy atom. The molecule has 1 atom stereocenters. The first-order chi connectivity index (χ1) is 8.46. The van der Waals surface area contributed by atoms with Gasteiger partial charge in [0.25, 0.3) is 0 Å². The Hall–Kier alpha value is -0.130. The van der Waals surface area contributed by atoms with Gasteiger partial charge in [-0.1, -0.05) is 13.8 Å². The van der Waals surface area contributed by atoms with Crippen molar-refractivity contribution in [3.05, 3.63) is 0 Å². The van der Waals surface area contributed by atoms with Crippen LogP contribution >= 0.6 is 0 Å². The summed E-state index contributed by atoms with van der Waals surface area (Å²) in [7, 11) is -2.73. The molecule has 18 heavy (non-hydrogen) atoms. The van der Waals surface area contributed by atoms with Crippen molar-refractivity contribution in [1.82, 2.24) is 10.2 Å². The summed E-state index contributed by atoms with van der Waals surface area (Å²) in [6, 6.07) is 0.858. The number of nitrogens with zero attached hydrogens (tertiary/aromatic N) is 1. The topological polar surface area (TPSA) is 49.4 Å². The molecule has 2 saturated heterocycles. The van der Waals surface area contributed by atoms with E-state index in [0.717, 1.165) is 32.0 Å². The van der Waals surface area contributed by atoms with Crippen LogP contribution in [-0.2, 0) is 9.84 Å². The largest absolute Gasteiger partial charge is 0.314 e. The van der Waals surface area contributed by atoms with E-state index < -0.39 is 9.84 Å². The molecule has 2 aliphatic rings. The minimum Gasteiger partial charge on any atom is -0.314 e. The summed E-state index contributed by atoms with van der Waals surface area (Å²) in [5, 5.41) is 3.50. The molecular formula is C13H26N2O2S. The van der Waals surface area contributed by atoms with E-state index in [1.165, 1.54) is 12.8 Å². The zero-order chi connectivity index (χ0) is 13.2. The van der Waals surface area contributed by atoms with E-state index in [2.05, 4.69) is 24.1 Å². The molecule has 2 heterocycles. The molecule has 106 valence electrons. The quantitative estimate of drug-likeness (QED) is 0.827. The summed E-state index contributed by atoms with van der Waals surface area (Å²) in [6.45, 7) is 7.61. The molecule has 0 aliphatic carbocycles. The first-order valence-electron chi connectivity index (χ1n) is 7.14. The van der Waals surface area contributed by atoms with Gasteiger partial charge in [-0.05, 0) is 44.8 Å². The predicted molar refractivity (Wildman–Crippen MR) is 74.5 cm³/mol. The van der Waals surface area contributed by atoms with Crippen LogP contribution < -0.4 is 5.32 Å². The summed E-state index contributed by atoms with van der Waals surface area (Å²) in [4.78, 5) is 2.40. The highest BCUT2D eigenvalue weighted by Gasteiger charge is 2.33. The lowest BCUT2D eigenvalue weighted by Crippen LogP contribution is -2.44. The summed E-state index contributed by atoms with van der Waals surface area (Å²) in [5.41, 5.74) is 0. The van der Waals surface area contributed by atoms with Crippen LogP contribution in [-0.4, -0.2) is 56.5 Å². The molecule has 5 heteroatoms. The van der Waals surface area contributed by atoms with E-state index in [1.807, 2.05) is 0 Å². The molecule has 1 unspecified atom stereocenters. The van der Waals surface area contributed by atoms with Crippen LogP contribution in [0.4, 0.5) is 0 Å². The van der Waals surface area contributed by atoms with Crippen molar-refractivity contribution in [2.24, 2.45) is 5.92 Å². The van der Waals surface area contributed by atoms with Crippen molar-refractivity contribution in [3.8, 4) is 0 Å². The lowest BCUT2D eigenvalue weighted by molar-refractivity contribution is 0.141. The fraction of sp³-hybridized carbons (Fsp3) is 1.00. The first-order valence-corrected chi connectivity index (χ1v) is 8.96. The summed E-state index contributed by atoms with van der Waals surface area (Å²) < 4.78 is 23.0. The van der Waals surface area contributed by atoms with Gasteiger partial charge in [-0.15, -0.1) is 0 Å². The van der Waals surface area contributed by atoms with E-state index in [9.17, 15) is 8.42 Å². The molecule has 0 bridgehead atoms. The molecule has 2 fully saturated rings. The van der Waals surface area contributed by atoms with Gasteiger partial charge < -0.3 is 5.32 Å². The molecule has 1 N–H and O–H groups in total. The highest BCUT2D eigenvalue weighted by Crippen LogP contribution is 2.24. The lowest BCUT2D eigenvalue weighted by atomic mass is 9.95. The van der Waals surface area contributed by atoms with Crippen molar-refractivity contribution < 1.29 is 8.42 Å². The first kappa shape index (κ1) is 14.3. The van der Waals surface area contributed by atoms with Gasteiger partial charge in [0, 0.05) is 12.1 Å². The average Bonchev–Trinajstić information content (AvgIpc) is 2.68. The fourth-order valence-corrected chi connectivity index (χ4v) is 4.75. The number of nitrogens with one attached hydrogen (secondary N) is 1. The number of likely N-dealkylation sites (tertiary alicyclic amines) is 1. The van der Waals surface area contributed by atoms with E-state index in [4.69, 9.17) is 0 Å². The van der Waals surface area contributed by atoms with E-state index in [-0.39, 0.29) is 0 Å². The third-order valence-electron chi connectivity index (χ3n) is 4.19. The number of sulfone groups is 1. The number of rotatable bonds is 4. The van der Waals surface area contributed by atoms with E-state index in [0.29, 0.717) is 23.6 Å². The summed E-state index contributed by atoms with van der Waals surface area (Å²) >= 11 is 0. The Labute approximate surface area is 111 Å². The standard InChI is InChI=1S/C13H26N2O2S/c1-11(2)14-9-12-3-6-15(7-4-12)13-5-8-18(16,17)10-13/h11-14H,3-10H2,1-2H3. The molecule has 2 aliphatic heterocycles. The van der Waals surface area contributed by atoms with Crippen molar-refractivity contribution in [1.29, 1.82) is 0 Å². The molecule has 2 rings (SSSR count). The average molecular weight is 274 g/mol. The van der Waals surface area contributed by atoms with Crippen LogP contribution in [0.25, 0.3) is 0 Å². The van der Waals surface area contributed by atoms with Crippen LogP contribution in [0.2, 0.25) is 0 Å². The zero-order valence-electron chi connectivity index (χ0n) is 11.6. The smallest absolute Gasteiger partial charge is 0.151 e. The summed E-state index contributed by atoms with van der Waals surface area (Å²) in [5.74, 6) is 1.55. The van der Waals surface area contributed by atoms with Crippen LogP contribution in [0.5, 0.6) is 0 Å². The monoisotopic (exact) mass is 274 g/mol. The van der Waals surface area contributed by atoms with Gasteiger partial charge in [-0.3, -0.25) is 4.90 Å². The lowest BCUT2D eigenvalue weighted by Gasteiger charge is -2.35. The van der Waals surface area contributed by atoms with Crippen LogP contribution in [0.1, 0.15) is 33.1 Å². The van der Waals surface area contributed by atoms with Crippen LogP contribution in [0.15, 0.2) is 0 Å². The maximum Gasteiger partial charge on any atom is 0.151 e. The Morgan fingerprint density at radius 2 is 1.89 bits per heavy atom. The SMILES string of the molecule is CC(C)NCC1CCN(C2CCS(=O)(=O)C2)CC1. The molecule has 0 aromatic rings. The second-order valence-corrected chi connectivity index (χ2v) is 8.33. The van der Waals surface area contributed by atoms with Crippen molar-refractivity contribution >= 4 is 9.84 Å². The molecule has 0 saturated carbocycles. The Kier molecular flexibility index (Phi) is 4.67. The van der Waals surface area contributed by atoms with Gasteiger partial charge in [-0.25, -0.2) is 8.42 Å². The third-order valence-corrected chi connectivity index (χ3v) is 5.94. The van der Waals surface area contributed by atoms with Crippen molar-refractivity contribution in [3.63, 3.8) is 0 Å². The maximum absolute atomic E-state index is 11.5. The zero-order valence-corrected chi connectivity index (χ0v) is 12.4. The molecule has 0 spiro atoms. The molecule has 0 aromatic heterocycles. The van der Waals surface area contributed by atoms with Gasteiger partial charge >= 0.3 is 0 Å². The maximum atomic E-state index is 11.5. The second kappa shape index (κ2) is 5.88. The highest BCUT2D eigenvalue weighted by molar-refractivity contribution is 7.91. The van der Waals surface area contributed by atoms with Gasteiger partial charge in [0.1, 0.15) is 0 Å². The highest BCUT2D eigenvalue weighted by atomic mass is 32.2. The number of piperidine rings is 1. The Bertz CT molecular complexity index is 359. The molecule has 0 amide bonds. The van der Waals surface area contributed by atoms with Crippen molar-refractivity contribution in [2.75, 3.05) is 31.1 Å². The molecule has 4 nitrogen and oxygen atoms in total. The minimum atomic E-state index is -2.73. The van der Waals surface area contributed by atoms with Crippen LogP contribution in [0.3, 0.4) is 0 Å². The van der Waals surface area contributed by atoms with Crippen molar-refractivity contribution in [2.45, 2.75) is 45.2 Å². The second-order valence-electron chi connectivity index (χ2n) is 6.10. The Morgan fingerprint density at radius 3 is 2.39 bits per heavy atom. The predicted octanol–water partition coefficient (Wildman–Crippen LogP) is 0.884.